The topological polar surface area (TPSA) is 54.2 Å². The first-order valence-corrected chi connectivity index (χ1v) is 7.31. The lowest BCUT2D eigenvalue weighted by atomic mass is 10.0. The number of nitrogens with two attached hydrogens (primary N) is 1. The highest BCUT2D eigenvalue weighted by atomic mass is 15.2. The van der Waals surface area contributed by atoms with Crippen LogP contribution in [0.25, 0.3) is 10.9 Å². The normalized spacial score (nSPS) is 13.0. The van der Waals surface area contributed by atoms with Crippen molar-refractivity contribution in [3.05, 3.63) is 42.1 Å². The summed E-state index contributed by atoms with van der Waals surface area (Å²) < 4.78 is 0. The maximum absolute atomic E-state index is 5.73. The summed E-state index contributed by atoms with van der Waals surface area (Å²) in [5.74, 6) is 5.73. The van der Waals surface area contributed by atoms with Gasteiger partial charge in [0.15, 0.2) is 0 Å². The van der Waals surface area contributed by atoms with Gasteiger partial charge in [0.25, 0.3) is 0 Å². The molecule has 108 valence electrons. The highest BCUT2D eigenvalue weighted by Crippen LogP contribution is 2.21. The van der Waals surface area contributed by atoms with E-state index in [1.54, 1.807) is 0 Å². The van der Waals surface area contributed by atoms with Crippen molar-refractivity contribution in [2.45, 2.75) is 26.3 Å². The SMILES string of the molecule is CCN(CC)CCC(NN)c1ccc2ncccc2c1. The molecule has 3 N–H and O–H groups in total. The third-order valence-corrected chi connectivity index (χ3v) is 3.86. The molecular formula is C16H24N4. The van der Waals surface area contributed by atoms with Crippen LogP contribution < -0.4 is 11.3 Å². The van der Waals surface area contributed by atoms with Crippen LogP contribution in [-0.4, -0.2) is 29.5 Å². The van der Waals surface area contributed by atoms with Gasteiger partial charge >= 0.3 is 0 Å². The van der Waals surface area contributed by atoms with Crippen molar-refractivity contribution in [3.8, 4) is 0 Å². The molecule has 1 aromatic heterocycles. The molecule has 0 aliphatic rings. The van der Waals surface area contributed by atoms with Gasteiger partial charge in [0.2, 0.25) is 0 Å². The summed E-state index contributed by atoms with van der Waals surface area (Å²) in [6.45, 7) is 7.59. The van der Waals surface area contributed by atoms with Gasteiger partial charge in [-0.15, -0.1) is 0 Å². The molecule has 0 spiro atoms. The number of rotatable bonds is 7. The summed E-state index contributed by atoms with van der Waals surface area (Å²) in [5.41, 5.74) is 5.19. The third-order valence-electron chi connectivity index (χ3n) is 3.86. The molecule has 0 aliphatic carbocycles. The van der Waals surface area contributed by atoms with E-state index in [1.807, 2.05) is 12.3 Å². The van der Waals surface area contributed by atoms with Crippen LogP contribution in [0.5, 0.6) is 0 Å². The van der Waals surface area contributed by atoms with Crippen LogP contribution in [-0.2, 0) is 0 Å². The summed E-state index contributed by atoms with van der Waals surface area (Å²) in [4.78, 5) is 6.76. The van der Waals surface area contributed by atoms with E-state index >= 15 is 0 Å². The molecule has 0 fully saturated rings. The number of hydrazine groups is 1. The zero-order chi connectivity index (χ0) is 14.4. The van der Waals surface area contributed by atoms with E-state index in [9.17, 15) is 0 Å². The Bertz CT molecular complexity index is 537. The third kappa shape index (κ3) is 3.54. The van der Waals surface area contributed by atoms with Crippen LogP contribution in [0.3, 0.4) is 0 Å². The first-order chi connectivity index (χ1) is 9.78. The van der Waals surface area contributed by atoms with Crippen molar-refractivity contribution in [1.29, 1.82) is 0 Å². The molecule has 1 heterocycles. The second-order valence-corrected chi connectivity index (χ2v) is 4.99. The fourth-order valence-corrected chi connectivity index (χ4v) is 2.51. The molecular weight excluding hydrogens is 248 g/mol. The second kappa shape index (κ2) is 7.33. The van der Waals surface area contributed by atoms with Crippen LogP contribution in [0.4, 0.5) is 0 Å². The van der Waals surface area contributed by atoms with Gasteiger partial charge < -0.3 is 4.90 Å². The Morgan fingerprint density at radius 1 is 1.25 bits per heavy atom. The van der Waals surface area contributed by atoms with E-state index in [0.29, 0.717) is 0 Å². The lowest BCUT2D eigenvalue weighted by molar-refractivity contribution is 0.282. The number of hydrogen-bond acceptors (Lipinski definition) is 4. The Morgan fingerprint density at radius 3 is 2.75 bits per heavy atom. The zero-order valence-corrected chi connectivity index (χ0v) is 12.3. The summed E-state index contributed by atoms with van der Waals surface area (Å²) in [7, 11) is 0. The molecule has 20 heavy (non-hydrogen) atoms. The minimum absolute atomic E-state index is 0.181. The van der Waals surface area contributed by atoms with Crippen LogP contribution >= 0.6 is 0 Å². The summed E-state index contributed by atoms with van der Waals surface area (Å²) >= 11 is 0. The van der Waals surface area contributed by atoms with Gasteiger partial charge in [-0.05, 0) is 49.8 Å². The highest BCUT2D eigenvalue weighted by molar-refractivity contribution is 5.79. The van der Waals surface area contributed by atoms with Gasteiger partial charge in [0, 0.05) is 17.6 Å². The predicted molar refractivity (Wildman–Crippen MR) is 84.2 cm³/mol. The predicted octanol–water partition coefficient (Wildman–Crippen LogP) is 2.47. The zero-order valence-electron chi connectivity index (χ0n) is 12.3. The Balaban J connectivity index is 2.12. The lowest BCUT2D eigenvalue weighted by Crippen LogP contribution is -2.32. The number of pyridine rings is 1. The molecule has 4 heteroatoms. The van der Waals surface area contributed by atoms with Crippen molar-refractivity contribution in [3.63, 3.8) is 0 Å². The maximum Gasteiger partial charge on any atom is 0.0702 e. The summed E-state index contributed by atoms with van der Waals surface area (Å²) in [6.07, 6.45) is 2.82. The van der Waals surface area contributed by atoms with E-state index < -0.39 is 0 Å². The molecule has 0 saturated heterocycles. The molecule has 2 aromatic rings. The molecule has 0 aliphatic heterocycles. The molecule has 1 unspecified atom stereocenters. The van der Waals surface area contributed by atoms with E-state index in [-0.39, 0.29) is 6.04 Å². The average molecular weight is 272 g/mol. The summed E-state index contributed by atoms with van der Waals surface area (Å²) in [5, 5.41) is 1.16. The van der Waals surface area contributed by atoms with Crippen LogP contribution in [0.15, 0.2) is 36.5 Å². The number of benzene rings is 1. The van der Waals surface area contributed by atoms with Crippen LogP contribution in [0.1, 0.15) is 31.9 Å². The smallest absolute Gasteiger partial charge is 0.0702 e. The largest absolute Gasteiger partial charge is 0.304 e. The number of nitrogens with zero attached hydrogens (tertiary/aromatic N) is 2. The van der Waals surface area contributed by atoms with E-state index in [0.717, 1.165) is 37.0 Å². The van der Waals surface area contributed by atoms with Crippen LogP contribution in [0.2, 0.25) is 0 Å². The Morgan fingerprint density at radius 2 is 2.05 bits per heavy atom. The van der Waals surface area contributed by atoms with Crippen LogP contribution in [0, 0.1) is 0 Å². The van der Waals surface area contributed by atoms with Crippen molar-refractivity contribution >= 4 is 10.9 Å². The Hall–Kier alpha value is -1.49. The fraction of sp³-hybridized carbons (Fsp3) is 0.438. The molecule has 0 bridgehead atoms. The van der Waals surface area contributed by atoms with Gasteiger partial charge in [0.05, 0.1) is 5.52 Å². The molecule has 4 nitrogen and oxygen atoms in total. The van der Waals surface area contributed by atoms with E-state index in [2.05, 4.69) is 53.4 Å². The number of nitrogens with one attached hydrogen (secondary N) is 1. The molecule has 2 rings (SSSR count). The number of fused-ring (bicyclic) bond motifs is 1. The molecule has 1 aromatic carbocycles. The number of hydrogen-bond donors (Lipinski definition) is 2. The fourth-order valence-electron chi connectivity index (χ4n) is 2.51. The Labute approximate surface area is 121 Å². The van der Waals surface area contributed by atoms with E-state index in [4.69, 9.17) is 5.84 Å². The minimum atomic E-state index is 0.181. The van der Waals surface area contributed by atoms with Gasteiger partial charge in [-0.3, -0.25) is 16.3 Å². The first-order valence-electron chi connectivity index (χ1n) is 7.31. The summed E-state index contributed by atoms with van der Waals surface area (Å²) in [6, 6.07) is 10.6. The molecule has 1 atom stereocenters. The van der Waals surface area contributed by atoms with E-state index in [1.165, 1.54) is 5.56 Å². The average Bonchev–Trinajstić information content (AvgIpc) is 2.51. The lowest BCUT2D eigenvalue weighted by Gasteiger charge is -2.22. The first kappa shape index (κ1) is 14.9. The van der Waals surface area contributed by atoms with Crippen molar-refractivity contribution < 1.29 is 0 Å². The van der Waals surface area contributed by atoms with Gasteiger partial charge in [-0.25, -0.2) is 0 Å². The standard InChI is InChI=1S/C16H24N4/c1-3-20(4-2)11-9-16(19-17)14-7-8-15-13(12-14)6-5-10-18-15/h5-8,10,12,16,19H,3-4,9,11,17H2,1-2H3. The highest BCUT2D eigenvalue weighted by Gasteiger charge is 2.11. The monoisotopic (exact) mass is 272 g/mol. The van der Waals surface area contributed by atoms with Crippen molar-refractivity contribution in [1.82, 2.24) is 15.3 Å². The molecule has 0 saturated carbocycles. The quantitative estimate of drug-likeness (QED) is 0.600. The minimum Gasteiger partial charge on any atom is -0.304 e. The van der Waals surface area contributed by atoms with Gasteiger partial charge in [-0.2, -0.15) is 0 Å². The second-order valence-electron chi connectivity index (χ2n) is 4.99. The van der Waals surface area contributed by atoms with Gasteiger partial charge in [0.1, 0.15) is 0 Å². The van der Waals surface area contributed by atoms with Crippen molar-refractivity contribution in [2.24, 2.45) is 5.84 Å². The molecule has 0 amide bonds. The van der Waals surface area contributed by atoms with Crippen molar-refractivity contribution in [2.75, 3.05) is 19.6 Å². The molecule has 0 radical (unpaired) electrons. The maximum atomic E-state index is 5.73. The Kier molecular flexibility index (Phi) is 5.47. The number of aromatic nitrogens is 1. The van der Waals surface area contributed by atoms with Gasteiger partial charge in [-0.1, -0.05) is 26.0 Å².